The van der Waals surface area contributed by atoms with Crippen LogP contribution in [0.2, 0.25) is 0 Å². The van der Waals surface area contributed by atoms with E-state index in [0.29, 0.717) is 18.7 Å². The van der Waals surface area contributed by atoms with Crippen molar-refractivity contribution >= 4 is 5.91 Å². The van der Waals surface area contributed by atoms with E-state index in [2.05, 4.69) is 20.6 Å². The van der Waals surface area contributed by atoms with Crippen molar-refractivity contribution in [2.24, 2.45) is 20.0 Å². The van der Waals surface area contributed by atoms with Gasteiger partial charge in [-0.2, -0.15) is 5.10 Å². The number of nitrogens with one attached hydrogen (secondary N) is 1. The van der Waals surface area contributed by atoms with E-state index in [0.717, 1.165) is 17.9 Å². The molecule has 25 heavy (non-hydrogen) atoms. The average molecular weight is 346 g/mol. The number of hydrogen-bond donors (Lipinski definition) is 2. The van der Waals surface area contributed by atoms with Gasteiger partial charge in [-0.25, -0.2) is 0 Å². The van der Waals surface area contributed by atoms with Gasteiger partial charge in [0.05, 0.1) is 11.8 Å². The van der Waals surface area contributed by atoms with Crippen LogP contribution in [-0.4, -0.2) is 48.2 Å². The van der Waals surface area contributed by atoms with Crippen molar-refractivity contribution in [3.63, 3.8) is 0 Å². The van der Waals surface area contributed by atoms with Gasteiger partial charge >= 0.3 is 0 Å². The molecule has 0 saturated heterocycles. The van der Waals surface area contributed by atoms with Crippen LogP contribution in [-0.2, 0) is 14.1 Å². The van der Waals surface area contributed by atoms with E-state index in [4.69, 9.17) is 0 Å². The summed E-state index contributed by atoms with van der Waals surface area (Å²) < 4.78 is 3.50. The third-order valence-electron chi connectivity index (χ3n) is 5.02. The zero-order chi connectivity index (χ0) is 18.1. The molecule has 1 fully saturated rings. The highest BCUT2D eigenvalue weighted by Crippen LogP contribution is 2.37. The van der Waals surface area contributed by atoms with E-state index in [1.807, 2.05) is 31.5 Å². The molecule has 8 heteroatoms. The zero-order valence-corrected chi connectivity index (χ0v) is 15.2. The van der Waals surface area contributed by atoms with Crippen molar-refractivity contribution in [2.45, 2.75) is 44.6 Å². The number of aliphatic hydroxyl groups is 1. The molecule has 0 aliphatic heterocycles. The topological polar surface area (TPSA) is 97.9 Å². The number of hydrogen-bond acceptors (Lipinski definition) is 5. The number of amides is 1. The minimum Gasteiger partial charge on any atom is -0.393 e. The van der Waals surface area contributed by atoms with Crippen molar-refractivity contribution in [3.8, 4) is 0 Å². The Morgan fingerprint density at radius 1 is 1.40 bits per heavy atom. The molecule has 0 radical (unpaired) electrons. The molecule has 3 atom stereocenters. The van der Waals surface area contributed by atoms with Crippen LogP contribution in [0.4, 0.5) is 0 Å². The summed E-state index contributed by atoms with van der Waals surface area (Å²) in [4.78, 5) is 12.4. The van der Waals surface area contributed by atoms with Crippen molar-refractivity contribution < 1.29 is 9.90 Å². The predicted molar refractivity (Wildman–Crippen MR) is 92.1 cm³/mol. The number of carbonyl (C=O) groups is 1. The van der Waals surface area contributed by atoms with E-state index in [1.165, 1.54) is 0 Å². The fourth-order valence-corrected chi connectivity index (χ4v) is 3.49. The summed E-state index contributed by atoms with van der Waals surface area (Å²) in [6, 6.07) is 1.83. The number of aryl methyl sites for hydroxylation is 2. The second kappa shape index (κ2) is 6.95. The van der Waals surface area contributed by atoms with Gasteiger partial charge in [-0.05, 0) is 24.8 Å². The second-order valence-corrected chi connectivity index (χ2v) is 7.24. The van der Waals surface area contributed by atoms with Crippen LogP contribution in [0.5, 0.6) is 0 Å². The fraction of sp³-hybridized carbons (Fsp3) is 0.647. The molecular formula is C17H26N6O2. The van der Waals surface area contributed by atoms with Gasteiger partial charge in [-0.3, -0.25) is 9.48 Å². The third kappa shape index (κ3) is 3.58. The van der Waals surface area contributed by atoms with Crippen LogP contribution >= 0.6 is 0 Å². The molecule has 0 unspecified atom stereocenters. The molecule has 0 bridgehead atoms. The number of aromatic nitrogens is 5. The van der Waals surface area contributed by atoms with Crippen molar-refractivity contribution in [1.82, 2.24) is 29.9 Å². The van der Waals surface area contributed by atoms with Crippen LogP contribution in [0.25, 0.3) is 0 Å². The molecule has 2 aromatic rings. The van der Waals surface area contributed by atoms with E-state index in [-0.39, 0.29) is 23.7 Å². The SMILES string of the molecule is CC(C)c1cc(C(=O)NC[C@H]2C[C@H](c3nncn3C)C[C@H]2O)n(C)n1. The normalized spacial score (nSPS) is 23.4. The van der Waals surface area contributed by atoms with Gasteiger partial charge in [0, 0.05) is 32.5 Å². The summed E-state index contributed by atoms with van der Waals surface area (Å²) in [7, 11) is 3.68. The number of aliphatic hydroxyl groups excluding tert-OH is 1. The van der Waals surface area contributed by atoms with Gasteiger partial charge in [-0.1, -0.05) is 13.8 Å². The van der Waals surface area contributed by atoms with Gasteiger partial charge in [-0.15, -0.1) is 10.2 Å². The molecule has 3 rings (SSSR count). The second-order valence-electron chi connectivity index (χ2n) is 7.24. The van der Waals surface area contributed by atoms with Crippen LogP contribution < -0.4 is 5.32 Å². The summed E-state index contributed by atoms with van der Waals surface area (Å²) in [6.07, 6.45) is 2.66. The lowest BCUT2D eigenvalue weighted by molar-refractivity contribution is 0.0907. The Morgan fingerprint density at radius 2 is 2.16 bits per heavy atom. The molecule has 136 valence electrons. The average Bonchev–Trinajstić information content (AvgIpc) is 3.24. The van der Waals surface area contributed by atoms with Gasteiger partial charge in [0.15, 0.2) is 0 Å². The first-order valence-corrected chi connectivity index (χ1v) is 8.71. The van der Waals surface area contributed by atoms with Crippen LogP contribution in [0.3, 0.4) is 0 Å². The fourth-order valence-electron chi connectivity index (χ4n) is 3.49. The minimum absolute atomic E-state index is 0.0171. The lowest BCUT2D eigenvalue weighted by Gasteiger charge is -2.15. The molecule has 2 N–H and O–H groups in total. The summed E-state index contributed by atoms with van der Waals surface area (Å²) in [5.74, 6) is 1.20. The molecular weight excluding hydrogens is 320 g/mol. The summed E-state index contributed by atoms with van der Waals surface area (Å²) in [6.45, 7) is 4.54. The summed E-state index contributed by atoms with van der Waals surface area (Å²) in [5.41, 5.74) is 1.44. The molecule has 1 aliphatic rings. The molecule has 1 aliphatic carbocycles. The van der Waals surface area contributed by atoms with Gasteiger partial charge < -0.3 is 15.0 Å². The number of carbonyl (C=O) groups excluding carboxylic acids is 1. The Balaban J connectivity index is 1.60. The van der Waals surface area contributed by atoms with E-state index in [9.17, 15) is 9.90 Å². The lowest BCUT2D eigenvalue weighted by atomic mass is 10.0. The lowest BCUT2D eigenvalue weighted by Crippen LogP contribution is -2.33. The standard InChI is InChI=1S/C17H26N6O2/c1-10(2)13-7-14(23(4)21-13)17(25)18-8-12-5-11(6-15(12)24)16-20-19-9-22(16)3/h7,9-12,15,24H,5-6,8H2,1-4H3,(H,18,25)/t11-,12+,15+/m0/s1. The Morgan fingerprint density at radius 3 is 2.76 bits per heavy atom. The van der Waals surface area contributed by atoms with E-state index >= 15 is 0 Å². The Labute approximate surface area is 147 Å². The van der Waals surface area contributed by atoms with Gasteiger partial charge in [0.25, 0.3) is 5.91 Å². The number of rotatable bonds is 5. The summed E-state index contributed by atoms with van der Waals surface area (Å²) >= 11 is 0. The predicted octanol–water partition coefficient (Wildman–Crippen LogP) is 0.956. The first-order valence-electron chi connectivity index (χ1n) is 8.71. The summed E-state index contributed by atoms with van der Waals surface area (Å²) in [5, 5.41) is 25.7. The molecule has 1 amide bonds. The van der Waals surface area contributed by atoms with Crippen LogP contribution in [0, 0.1) is 5.92 Å². The molecule has 2 aromatic heterocycles. The maximum atomic E-state index is 12.4. The Bertz CT molecular complexity index is 750. The molecule has 1 saturated carbocycles. The molecule has 8 nitrogen and oxygen atoms in total. The molecule has 2 heterocycles. The molecule has 0 aromatic carbocycles. The monoisotopic (exact) mass is 346 g/mol. The highest BCUT2D eigenvalue weighted by atomic mass is 16.3. The minimum atomic E-state index is -0.445. The maximum absolute atomic E-state index is 12.4. The quantitative estimate of drug-likeness (QED) is 0.840. The van der Waals surface area contributed by atoms with Crippen molar-refractivity contribution in [2.75, 3.05) is 6.54 Å². The van der Waals surface area contributed by atoms with Gasteiger partial charge in [0.1, 0.15) is 17.8 Å². The van der Waals surface area contributed by atoms with Crippen LogP contribution in [0.15, 0.2) is 12.4 Å². The third-order valence-corrected chi connectivity index (χ3v) is 5.02. The first-order chi connectivity index (χ1) is 11.9. The Kier molecular flexibility index (Phi) is 4.89. The van der Waals surface area contributed by atoms with Crippen molar-refractivity contribution in [1.29, 1.82) is 0 Å². The van der Waals surface area contributed by atoms with Crippen LogP contribution in [0.1, 0.15) is 60.5 Å². The zero-order valence-electron chi connectivity index (χ0n) is 15.2. The van der Waals surface area contributed by atoms with E-state index < -0.39 is 6.10 Å². The largest absolute Gasteiger partial charge is 0.393 e. The van der Waals surface area contributed by atoms with E-state index in [1.54, 1.807) is 18.1 Å². The van der Waals surface area contributed by atoms with Crippen molar-refractivity contribution in [3.05, 3.63) is 29.6 Å². The highest BCUT2D eigenvalue weighted by Gasteiger charge is 2.36. The number of nitrogens with zero attached hydrogens (tertiary/aromatic N) is 5. The first kappa shape index (κ1) is 17.6. The highest BCUT2D eigenvalue weighted by molar-refractivity contribution is 5.92. The smallest absolute Gasteiger partial charge is 0.269 e. The van der Waals surface area contributed by atoms with Gasteiger partial charge in [0.2, 0.25) is 0 Å². The maximum Gasteiger partial charge on any atom is 0.269 e. The molecule has 0 spiro atoms. The Hall–Kier alpha value is -2.22.